The Morgan fingerprint density at radius 1 is 1.27 bits per heavy atom. The maximum atomic E-state index is 5.21. The minimum absolute atomic E-state index is 0.722. The summed E-state index contributed by atoms with van der Waals surface area (Å²) in [5.74, 6) is 2.28. The van der Waals surface area contributed by atoms with Gasteiger partial charge in [-0.05, 0) is 38.4 Å². The molecule has 0 aromatic rings. The molecule has 22 heavy (non-hydrogen) atoms. The van der Waals surface area contributed by atoms with Gasteiger partial charge in [0.2, 0.25) is 0 Å². The highest BCUT2D eigenvalue weighted by molar-refractivity contribution is 8.00. The predicted octanol–water partition coefficient (Wildman–Crippen LogP) is 1.55. The minimum Gasteiger partial charge on any atom is -0.383 e. The van der Waals surface area contributed by atoms with Crippen molar-refractivity contribution in [1.82, 2.24) is 15.5 Å². The van der Waals surface area contributed by atoms with Crippen LogP contribution in [0.15, 0.2) is 4.99 Å². The third-order valence-electron chi connectivity index (χ3n) is 4.16. The molecular formula is C16H32N4OS. The molecule has 2 N–H and O–H groups in total. The van der Waals surface area contributed by atoms with Gasteiger partial charge < -0.3 is 15.4 Å². The van der Waals surface area contributed by atoms with E-state index in [9.17, 15) is 0 Å². The van der Waals surface area contributed by atoms with Gasteiger partial charge in [0.25, 0.3) is 0 Å². The van der Waals surface area contributed by atoms with Crippen molar-refractivity contribution in [1.29, 1.82) is 0 Å². The average molecular weight is 329 g/mol. The van der Waals surface area contributed by atoms with Gasteiger partial charge in [0.15, 0.2) is 5.96 Å². The van der Waals surface area contributed by atoms with Crippen molar-refractivity contribution in [2.75, 3.05) is 52.2 Å². The number of nitrogens with one attached hydrogen (secondary N) is 2. The Bertz CT molecular complexity index is 330. The lowest BCUT2D eigenvalue weighted by molar-refractivity contribution is 0.144. The summed E-state index contributed by atoms with van der Waals surface area (Å²) in [5, 5.41) is 7.56. The first-order chi connectivity index (χ1) is 10.8. The van der Waals surface area contributed by atoms with Gasteiger partial charge in [-0.1, -0.05) is 0 Å². The van der Waals surface area contributed by atoms with Crippen LogP contribution in [0.3, 0.4) is 0 Å². The van der Waals surface area contributed by atoms with Crippen LogP contribution >= 0.6 is 11.8 Å². The lowest BCUT2D eigenvalue weighted by Gasteiger charge is -2.22. The lowest BCUT2D eigenvalue weighted by atomic mass is 10.2. The molecule has 6 heteroatoms. The Balaban J connectivity index is 1.68. The average Bonchev–Trinajstić information content (AvgIpc) is 3.24. The fourth-order valence-electron chi connectivity index (χ4n) is 2.77. The molecule has 1 heterocycles. The molecule has 1 unspecified atom stereocenters. The van der Waals surface area contributed by atoms with Gasteiger partial charge in [0.05, 0.1) is 13.2 Å². The summed E-state index contributed by atoms with van der Waals surface area (Å²) in [5.41, 5.74) is 0. The van der Waals surface area contributed by atoms with Gasteiger partial charge >= 0.3 is 0 Å². The molecule has 0 bridgehead atoms. The van der Waals surface area contributed by atoms with Crippen LogP contribution in [0.1, 0.15) is 32.6 Å². The third kappa shape index (κ3) is 6.75. The first-order valence-electron chi connectivity index (χ1n) is 8.70. The highest BCUT2D eigenvalue weighted by atomic mass is 32.2. The van der Waals surface area contributed by atoms with Crippen LogP contribution in [0.25, 0.3) is 0 Å². The third-order valence-corrected chi connectivity index (χ3v) is 5.54. The number of guanidine groups is 1. The van der Waals surface area contributed by atoms with E-state index in [4.69, 9.17) is 9.73 Å². The molecule has 1 saturated heterocycles. The normalized spacial score (nSPS) is 22.3. The van der Waals surface area contributed by atoms with Crippen molar-refractivity contribution in [2.45, 2.75) is 43.9 Å². The molecule has 0 amide bonds. The van der Waals surface area contributed by atoms with E-state index in [1.165, 1.54) is 31.4 Å². The number of rotatable bonds is 10. The maximum absolute atomic E-state index is 5.21. The summed E-state index contributed by atoms with van der Waals surface area (Å²) >= 11 is 2.07. The standard InChI is InChI=1S/C16H32N4OS/c1-3-17-16(19-13-15-5-4-12-22-15)18-8-9-20(10-11-21-2)14-6-7-14/h14-15H,3-13H2,1-2H3,(H2,17,18,19). The summed E-state index contributed by atoms with van der Waals surface area (Å²) in [6, 6.07) is 0.784. The quantitative estimate of drug-likeness (QED) is 0.471. The number of nitrogens with zero attached hydrogens (tertiary/aromatic N) is 2. The van der Waals surface area contributed by atoms with Crippen LogP contribution in [-0.4, -0.2) is 74.3 Å². The zero-order valence-electron chi connectivity index (χ0n) is 14.1. The molecule has 2 rings (SSSR count). The molecule has 1 atom stereocenters. The van der Waals surface area contributed by atoms with Gasteiger partial charge in [0.1, 0.15) is 0 Å². The van der Waals surface area contributed by atoms with Crippen LogP contribution in [-0.2, 0) is 4.74 Å². The van der Waals surface area contributed by atoms with Crippen LogP contribution in [0.5, 0.6) is 0 Å². The summed E-state index contributed by atoms with van der Waals surface area (Å²) in [7, 11) is 1.78. The molecule has 5 nitrogen and oxygen atoms in total. The van der Waals surface area contributed by atoms with Gasteiger partial charge in [-0.15, -0.1) is 0 Å². The molecule has 0 aromatic heterocycles. The van der Waals surface area contributed by atoms with E-state index in [2.05, 4.69) is 34.2 Å². The first-order valence-corrected chi connectivity index (χ1v) is 9.75. The number of hydrogen-bond donors (Lipinski definition) is 2. The molecule has 1 aliphatic heterocycles. The van der Waals surface area contributed by atoms with Crippen molar-refractivity contribution in [3.63, 3.8) is 0 Å². The molecule has 2 fully saturated rings. The SMILES string of the molecule is CCNC(=NCC1CCCS1)NCCN(CCOC)C1CC1. The minimum atomic E-state index is 0.722. The molecule has 0 radical (unpaired) electrons. The molecule has 2 aliphatic rings. The van der Waals surface area contributed by atoms with Gasteiger partial charge in [0, 0.05) is 44.6 Å². The van der Waals surface area contributed by atoms with E-state index < -0.39 is 0 Å². The maximum Gasteiger partial charge on any atom is 0.191 e. The van der Waals surface area contributed by atoms with Crippen molar-refractivity contribution >= 4 is 17.7 Å². The lowest BCUT2D eigenvalue weighted by Crippen LogP contribution is -2.43. The number of ether oxygens (including phenoxy) is 1. The van der Waals surface area contributed by atoms with Crippen LogP contribution in [0, 0.1) is 0 Å². The number of thioether (sulfide) groups is 1. The van der Waals surface area contributed by atoms with E-state index in [-0.39, 0.29) is 0 Å². The Hall–Kier alpha value is -0.460. The van der Waals surface area contributed by atoms with Crippen molar-refractivity contribution in [2.24, 2.45) is 4.99 Å². The second kappa shape index (κ2) is 10.3. The smallest absolute Gasteiger partial charge is 0.191 e. The fraction of sp³-hybridized carbons (Fsp3) is 0.938. The molecular weight excluding hydrogens is 296 g/mol. The van der Waals surface area contributed by atoms with Gasteiger partial charge in [-0.2, -0.15) is 11.8 Å². The Morgan fingerprint density at radius 2 is 2.14 bits per heavy atom. The van der Waals surface area contributed by atoms with E-state index >= 15 is 0 Å². The summed E-state index contributed by atoms with van der Waals surface area (Å²) in [4.78, 5) is 7.28. The Morgan fingerprint density at radius 3 is 2.77 bits per heavy atom. The first kappa shape index (κ1) is 17.9. The second-order valence-corrected chi connectivity index (χ2v) is 7.45. The van der Waals surface area contributed by atoms with E-state index in [0.29, 0.717) is 0 Å². The highest BCUT2D eigenvalue weighted by Crippen LogP contribution is 2.26. The Labute approximate surface area is 139 Å². The fourth-order valence-corrected chi connectivity index (χ4v) is 3.95. The molecule has 0 aromatic carbocycles. The van der Waals surface area contributed by atoms with Gasteiger partial charge in [-0.25, -0.2) is 0 Å². The molecule has 1 aliphatic carbocycles. The van der Waals surface area contributed by atoms with E-state index in [0.717, 1.165) is 56.6 Å². The molecule has 0 spiro atoms. The largest absolute Gasteiger partial charge is 0.383 e. The van der Waals surface area contributed by atoms with E-state index in [1.807, 2.05) is 0 Å². The summed E-state index contributed by atoms with van der Waals surface area (Å²) in [6.07, 6.45) is 5.36. The van der Waals surface area contributed by atoms with E-state index in [1.54, 1.807) is 7.11 Å². The number of hydrogen-bond acceptors (Lipinski definition) is 4. The van der Waals surface area contributed by atoms with Gasteiger partial charge in [-0.3, -0.25) is 9.89 Å². The van der Waals surface area contributed by atoms with Crippen molar-refractivity contribution < 1.29 is 4.74 Å². The second-order valence-electron chi connectivity index (χ2n) is 6.04. The van der Waals surface area contributed by atoms with Crippen LogP contribution in [0.4, 0.5) is 0 Å². The molecule has 128 valence electrons. The number of methoxy groups -OCH3 is 1. The van der Waals surface area contributed by atoms with Crippen molar-refractivity contribution in [3.8, 4) is 0 Å². The monoisotopic (exact) mass is 328 g/mol. The summed E-state index contributed by atoms with van der Waals surface area (Å²) < 4.78 is 5.21. The highest BCUT2D eigenvalue weighted by Gasteiger charge is 2.28. The van der Waals surface area contributed by atoms with Crippen molar-refractivity contribution in [3.05, 3.63) is 0 Å². The Kier molecular flexibility index (Phi) is 8.41. The van der Waals surface area contributed by atoms with Crippen LogP contribution < -0.4 is 10.6 Å². The summed E-state index contributed by atoms with van der Waals surface area (Å²) in [6.45, 7) is 7.85. The van der Waals surface area contributed by atoms with Crippen LogP contribution in [0.2, 0.25) is 0 Å². The predicted molar refractivity (Wildman–Crippen MR) is 95.9 cm³/mol. The zero-order chi connectivity index (χ0) is 15.6. The topological polar surface area (TPSA) is 48.9 Å². The zero-order valence-corrected chi connectivity index (χ0v) is 15.0. The molecule has 1 saturated carbocycles. The number of aliphatic imine (C=N–C) groups is 1.